The van der Waals surface area contributed by atoms with E-state index >= 15 is 0 Å². The van der Waals surface area contributed by atoms with Gasteiger partial charge in [-0.15, -0.1) is 0 Å². The van der Waals surface area contributed by atoms with Crippen molar-refractivity contribution < 1.29 is 9.47 Å². The van der Waals surface area contributed by atoms with Crippen molar-refractivity contribution >= 4 is 59.0 Å². The Kier molecular flexibility index (Phi) is 9.78. The summed E-state index contributed by atoms with van der Waals surface area (Å²) in [5, 5.41) is 0.820. The molecule has 0 aromatic heterocycles. The normalized spacial score (nSPS) is 10.3. The van der Waals surface area contributed by atoms with E-state index in [-0.39, 0.29) is 11.1 Å². The number of halogens is 4. The quantitative estimate of drug-likeness (QED) is 0.402. The van der Waals surface area contributed by atoms with Crippen LogP contribution in [0.5, 0.6) is 11.5 Å². The van der Waals surface area contributed by atoms with Crippen LogP contribution in [0.15, 0.2) is 22.7 Å². The summed E-state index contributed by atoms with van der Waals surface area (Å²) in [7, 11) is 0. The number of hydrogen-bond acceptors (Lipinski definition) is 3. The van der Waals surface area contributed by atoms with E-state index in [1.54, 1.807) is 12.1 Å². The number of benzene rings is 1. The van der Waals surface area contributed by atoms with E-state index in [9.17, 15) is 0 Å². The van der Waals surface area contributed by atoms with Crippen LogP contribution in [0.1, 0.15) is 19.3 Å². The van der Waals surface area contributed by atoms with Crippen molar-refractivity contribution in [2.45, 2.75) is 19.3 Å². The van der Waals surface area contributed by atoms with E-state index in [1.165, 1.54) is 6.08 Å². The second-order valence-electron chi connectivity index (χ2n) is 4.15. The first-order valence-corrected chi connectivity index (χ1v) is 8.55. The predicted molar refractivity (Wildman–Crippen MR) is 94.9 cm³/mol. The van der Waals surface area contributed by atoms with Crippen LogP contribution in [-0.4, -0.2) is 19.0 Å². The fraction of sp³-hybridized carbons (Fsp3) is 0.429. The minimum Gasteiger partial charge on any atom is -0.490 e. The Morgan fingerprint density at radius 1 is 1.05 bits per heavy atom. The maximum Gasteiger partial charge on any atom is 0.156 e. The molecule has 0 spiro atoms. The van der Waals surface area contributed by atoms with Gasteiger partial charge in [-0.1, -0.05) is 46.4 Å². The van der Waals surface area contributed by atoms with Gasteiger partial charge in [-0.25, -0.2) is 0 Å². The summed E-state index contributed by atoms with van der Waals surface area (Å²) in [6.45, 7) is 0.803. The molecule has 0 aliphatic heterocycles. The highest BCUT2D eigenvalue weighted by Gasteiger charge is 2.10. The molecular formula is C14H16Cl4O2S. The first-order chi connectivity index (χ1) is 10.0. The minimum atomic E-state index is 0.147. The third-order valence-corrected chi connectivity index (χ3v) is 3.69. The Morgan fingerprint density at radius 2 is 1.71 bits per heavy atom. The van der Waals surface area contributed by atoms with Gasteiger partial charge >= 0.3 is 0 Å². The second kappa shape index (κ2) is 10.7. The standard InChI is InChI=1S/C14H16Cl4O2S/c15-11-8-10(19-6-4-13(17)18)9-12(16)14(11)20-5-2-1-3-7-21/h4,8-9,21H,1-3,5-7H2. The van der Waals surface area contributed by atoms with Gasteiger partial charge in [-0.05, 0) is 31.1 Å². The van der Waals surface area contributed by atoms with Crippen LogP contribution in [0.3, 0.4) is 0 Å². The van der Waals surface area contributed by atoms with Gasteiger partial charge in [0.05, 0.1) is 16.7 Å². The fourth-order valence-corrected chi connectivity index (χ4v) is 2.45. The zero-order valence-electron chi connectivity index (χ0n) is 11.3. The summed E-state index contributed by atoms with van der Waals surface area (Å²) >= 11 is 27.4. The SMILES string of the molecule is SCCCCCOc1c(Cl)cc(OCC=C(Cl)Cl)cc1Cl. The summed E-state index contributed by atoms with van der Waals surface area (Å²) in [6, 6.07) is 3.29. The van der Waals surface area contributed by atoms with Crippen molar-refractivity contribution in [3.8, 4) is 11.5 Å². The molecule has 21 heavy (non-hydrogen) atoms. The molecule has 0 N–H and O–H groups in total. The number of thiol groups is 1. The number of rotatable bonds is 9. The second-order valence-corrected chi connectivity index (χ2v) is 6.42. The van der Waals surface area contributed by atoms with Crippen LogP contribution in [0.2, 0.25) is 10.0 Å². The van der Waals surface area contributed by atoms with Crippen LogP contribution < -0.4 is 9.47 Å². The molecule has 0 aliphatic carbocycles. The van der Waals surface area contributed by atoms with E-state index < -0.39 is 0 Å². The molecule has 1 aromatic rings. The van der Waals surface area contributed by atoms with Crippen molar-refractivity contribution in [1.29, 1.82) is 0 Å². The summed E-state index contributed by atoms with van der Waals surface area (Å²) in [5.41, 5.74) is 0. The zero-order valence-corrected chi connectivity index (χ0v) is 15.2. The topological polar surface area (TPSA) is 18.5 Å². The van der Waals surface area contributed by atoms with E-state index in [1.807, 2.05) is 0 Å². The molecule has 118 valence electrons. The van der Waals surface area contributed by atoms with Crippen LogP contribution >= 0.6 is 59.0 Å². The van der Waals surface area contributed by atoms with Gasteiger partial charge in [0.15, 0.2) is 5.75 Å². The van der Waals surface area contributed by atoms with Crippen LogP contribution in [-0.2, 0) is 0 Å². The van der Waals surface area contributed by atoms with Crippen LogP contribution in [0.4, 0.5) is 0 Å². The Hall–Kier alpha value is 0.0700. The highest BCUT2D eigenvalue weighted by atomic mass is 35.5. The van der Waals surface area contributed by atoms with E-state index in [0.29, 0.717) is 28.2 Å². The number of unbranched alkanes of at least 4 members (excludes halogenated alkanes) is 2. The Bertz CT molecular complexity index is 453. The molecule has 0 unspecified atom stereocenters. The molecule has 1 aromatic carbocycles. The Balaban J connectivity index is 2.56. The average molecular weight is 390 g/mol. The van der Waals surface area contributed by atoms with E-state index in [2.05, 4.69) is 12.6 Å². The van der Waals surface area contributed by atoms with Gasteiger partial charge in [-0.3, -0.25) is 0 Å². The van der Waals surface area contributed by atoms with Crippen molar-refractivity contribution in [2.75, 3.05) is 19.0 Å². The van der Waals surface area contributed by atoms with Gasteiger partial charge in [0, 0.05) is 12.1 Å². The van der Waals surface area contributed by atoms with Gasteiger partial charge in [0.1, 0.15) is 16.8 Å². The third kappa shape index (κ3) is 7.75. The minimum absolute atomic E-state index is 0.147. The molecule has 0 aliphatic rings. The fourth-order valence-electron chi connectivity index (χ4n) is 1.52. The molecule has 0 saturated heterocycles. The molecule has 1 rings (SSSR count). The van der Waals surface area contributed by atoms with Crippen LogP contribution in [0, 0.1) is 0 Å². The van der Waals surface area contributed by atoms with Crippen molar-refractivity contribution in [3.05, 3.63) is 32.7 Å². The lowest BCUT2D eigenvalue weighted by molar-refractivity contribution is 0.305. The molecule has 2 nitrogen and oxygen atoms in total. The molecule has 0 radical (unpaired) electrons. The lowest BCUT2D eigenvalue weighted by Crippen LogP contribution is -2.00. The maximum absolute atomic E-state index is 6.15. The highest BCUT2D eigenvalue weighted by Crippen LogP contribution is 2.37. The lowest BCUT2D eigenvalue weighted by atomic mass is 10.2. The van der Waals surface area contributed by atoms with Gasteiger partial charge in [0.25, 0.3) is 0 Å². The molecule has 0 saturated carbocycles. The third-order valence-electron chi connectivity index (χ3n) is 2.51. The number of hydrogen-bond donors (Lipinski definition) is 1. The molecule has 0 amide bonds. The summed E-state index contributed by atoms with van der Waals surface area (Å²) in [6.07, 6.45) is 4.59. The zero-order chi connectivity index (χ0) is 15.7. The van der Waals surface area contributed by atoms with Crippen molar-refractivity contribution in [3.63, 3.8) is 0 Å². The molecule has 7 heteroatoms. The highest BCUT2D eigenvalue weighted by molar-refractivity contribution is 7.80. The largest absolute Gasteiger partial charge is 0.490 e. The van der Waals surface area contributed by atoms with Crippen molar-refractivity contribution in [2.24, 2.45) is 0 Å². The molecule has 0 fully saturated rings. The number of ether oxygens (including phenoxy) is 2. The summed E-state index contributed by atoms with van der Waals surface area (Å²) in [4.78, 5) is 0. The molecule has 0 heterocycles. The smallest absolute Gasteiger partial charge is 0.156 e. The average Bonchev–Trinajstić information content (AvgIpc) is 2.40. The summed E-state index contributed by atoms with van der Waals surface area (Å²) in [5.74, 6) is 1.88. The van der Waals surface area contributed by atoms with E-state index in [4.69, 9.17) is 55.9 Å². The maximum atomic E-state index is 6.15. The van der Waals surface area contributed by atoms with Crippen LogP contribution in [0.25, 0.3) is 0 Å². The summed E-state index contributed by atoms with van der Waals surface area (Å²) < 4.78 is 11.2. The molecule has 0 atom stereocenters. The molecular weight excluding hydrogens is 374 g/mol. The lowest BCUT2D eigenvalue weighted by Gasteiger charge is -2.12. The van der Waals surface area contributed by atoms with Gasteiger partial charge < -0.3 is 9.47 Å². The van der Waals surface area contributed by atoms with E-state index in [0.717, 1.165) is 25.0 Å². The molecule has 0 bridgehead atoms. The Morgan fingerprint density at radius 3 is 2.29 bits per heavy atom. The first-order valence-electron chi connectivity index (χ1n) is 6.41. The van der Waals surface area contributed by atoms with Gasteiger partial charge in [-0.2, -0.15) is 12.6 Å². The first kappa shape index (κ1) is 19.1. The Labute approximate surface area is 150 Å². The predicted octanol–water partition coefficient (Wildman–Crippen LogP) is 6.17. The van der Waals surface area contributed by atoms with Crippen molar-refractivity contribution in [1.82, 2.24) is 0 Å². The monoisotopic (exact) mass is 388 g/mol. The van der Waals surface area contributed by atoms with Gasteiger partial charge in [0.2, 0.25) is 0 Å².